The summed E-state index contributed by atoms with van der Waals surface area (Å²) in [5, 5.41) is 21.4. The highest BCUT2D eigenvalue weighted by atomic mass is 16.4. The van der Waals surface area contributed by atoms with Gasteiger partial charge in [-0.2, -0.15) is 4.80 Å². The number of aromatic nitrogens is 4. The molecular weight excluding hydrogens is 246 g/mol. The van der Waals surface area contributed by atoms with Crippen LogP contribution in [-0.4, -0.2) is 48.3 Å². The molecule has 1 aliphatic heterocycles. The molecule has 0 amide bonds. The number of tetrazole rings is 1. The van der Waals surface area contributed by atoms with Gasteiger partial charge in [0.2, 0.25) is 0 Å². The Bertz CT molecular complexity index is 474. The zero-order valence-electron chi connectivity index (χ0n) is 11.1. The van der Waals surface area contributed by atoms with Gasteiger partial charge in [0.15, 0.2) is 5.82 Å². The van der Waals surface area contributed by atoms with Gasteiger partial charge in [-0.05, 0) is 30.4 Å². The van der Waals surface area contributed by atoms with E-state index in [2.05, 4.69) is 20.3 Å². The van der Waals surface area contributed by atoms with E-state index in [1.54, 1.807) is 7.05 Å². The van der Waals surface area contributed by atoms with Crippen LogP contribution < -0.4 is 0 Å². The first-order chi connectivity index (χ1) is 9.15. The second kappa shape index (κ2) is 4.88. The lowest BCUT2D eigenvalue weighted by atomic mass is 9.85. The zero-order chi connectivity index (χ0) is 13.4. The van der Waals surface area contributed by atoms with E-state index in [9.17, 15) is 9.90 Å². The lowest BCUT2D eigenvalue weighted by Gasteiger charge is -2.32. The van der Waals surface area contributed by atoms with Gasteiger partial charge in [-0.25, -0.2) is 0 Å². The summed E-state index contributed by atoms with van der Waals surface area (Å²) < 4.78 is 0. The molecule has 0 bridgehead atoms. The van der Waals surface area contributed by atoms with E-state index in [1.807, 2.05) is 0 Å². The lowest BCUT2D eigenvalue weighted by molar-refractivity contribution is -0.143. The average molecular weight is 265 g/mol. The van der Waals surface area contributed by atoms with Crippen LogP contribution in [0, 0.1) is 5.92 Å². The lowest BCUT2D eigenvalue weighted by Crippen LogP contribution is -2.41. The topological polar surface area (TPSA) is 84.1 Å². The third-order valence-corrected chi connectivity index (χ3v) is 4.38. The highest BCUT2D eigenvalue weighted by Crippen LogP contribution is 2.40. The molecule has 19 heavy (non-hydrogen) atoms. The van der Waals surface area contributed by atoms with Gasteiger partial charge in [-0.1, -0.05) is 12.8 Å². The number of carboxylic acid groups (broad SMARTS) is 1. The minimum absolute atomic E-state index is 0.374. The molecule has 1 saturated carbocycles. The number of aryl methyl sites for hydroxylation is 1. The summed E-state index contributed by atoms with van der Waals surface area (Å²) in [5.74, 6) is 0.407. The second-order valence-electron chi connectivity index (χ2n) is 5.57. The van der Waals surface area contributed by atoms with Crippen molar-refractivity contribution >= 4 is 5.97 Å². The van der Waals surface area contributed by atoms with Crippen molar-refractivity contribution in [2.45, 2.75) is 50.7 Å². The largest absolute Gasteiger partial charge is 0.480 e. The Hall–Kier alpha value is -1.50. The molecule has 1 aliphatic carbocycles. The highest BCUT2D eigenvalue weighted by Gasteiger charge is 2.45. The number of carboxylic acids is 1. The van der Waals surface area contributed by atoms with Crippen LogP contribution in [0.5, 0.6) is 0 Å². The van der Waals surface area contributed by atoms with Gasteiger partial charge in [0, 0.05) is 6.04 Å². The molecule has 2 heterocycles. The number of likely N-dealkylation sites (tertiary alicyclic amines) is 1. The molecule has 0 aromatic carbocycles. The zero-order valence-corrected chi connectivity index (χ0v) is 11.1. The van der Waals surface area contributed by atoms with Gasteiger partial charge >= 0.3 is 5.97 Å². The summed E-state index contributed by atoms with van der Waals surface area (Å²) in [6.07, 6.45) is 5.43. The summed E-state index contributed by atoms with van der Waals surface area (Å²) in [7, 11) is 1.72. The number of fused-ring (bicyclic) bond motifs is 1. The third kappa shape index (κ3) is 2.34. The van der Waals surface area contributed by atoms with Gasteiger partial charge in [-0.3, -0.25) is 9.69 Å². The monoisotopic (exact) mass is 265 g/mol. The van der Waals surface area contributed by atoms with Crippen molar-refractivity contribution in [3.8, 4) is 0 Å². The Balaban J connectivity index is 1.80. The van der Waals surface area contributed by atoms with Crippen molar-refractivity contribution in [3.05, 3.63) is 5.82 Å². The summed E-state index contributed by atoms with van der Waals surface area (Å²) >= 11 is 0. The number of hydrogen-bond acceptors (Lipinski definition) is 5. The van der Waals surface area contributed by atoms with E-state index in [4.69, 9.17) is 0 Å². The normalized spacial score (nSPS) is 31.3. The maximum atomic E-state index is 11.4. The van der Waals surface area contributed by atoms with Crippen molar-refractivity contribution in [2.75, 3.05) is 0 Å². The van der Waals surface area contributed by atoms with Crippen LogP contribution in [0.1, 0.15) is 37.9 Å². The fraction of sp³-hybridized carbons (Fsp3) is 0.833. The number of rotatable bonds is 3. The van der Waals surface area contributed by atoms with Crippen LogP contribution >= 0.6 is 0 Å². The molecule has 1 aromatic heterocycles. The van der Waals surface area contributed by atoms with Gasteiger partial charge < -0.3 is 5.11 Å². The average Bonchev–Trinajstić information content (AvgIpc) is 2.95. The van der Waals surface area contributed by atoms with Crippen molar-refractivity contribution < 1.29 is 9.90 Å². The van der Waals surface area contributed by atoms with Gasteiger partial charge in [0.25, 0.3) is 0 Å². The van der Waals surface area contributed by atoms with Crippen molar-refractivity contribution in [3.63, 3.8) is 0 Å². The molecule has 0 spiro atoms. The molecule has 7 nitrogen and oxygen atoms in total. The fourth-order valence-electron chi connectivity index (χ4n) is 3.57. The van der Waals surface area contributed by atoms with Crippen LogP contribution in [0.3, 0.4) is 0 Å². The van der Waals surface area contributed by atoms with Crippen molar-refractivity contribution in [2.24, 2.45) is 13.0 Å². The standard InChI is InChI=1S/C12H19N5O2/c1-16-14-11(13-15-16)7-17-9-5-3-2-4-8(9)6-10(17)12(18)19/h8-10H,2-7H2,1H3,(H,18,19). The number of hydrogen-bond donors (Lipinski definition) is 1. The first-order valence-corrected chi connectivity index (χ1v) is 6.86. The van der Waals surface area contributed by atoms with Crippen molar-refractivity contribution in [1.82, 2.24) is 25.1 Å². The Morgan fingerprint density at radius 2 is 2.21 bits per heavy atom. The van der Waals surface area contributed by atoms with Crippen LogP contribution in [0.15, 0.2) is 0 Å². The van der Waals surface area contributed by atoms with E-state index in [1.165, 1.54) is 17.6 Å². The van der Waals surface area contributed by atoms with Crippen LogP contribution in [-0.2, 0) is 18.4 Å². The van der Waals surface area contributed by atoms with E-state index in [-0.39, 0.29) is 0 Å². The van der Waals surface area contributed by atoms with Gasteiger partial charge in [0.1, 0.15) is 6.04 Å². The number of carbonyl (C=O) groups is 1. The molecule has 2 aliphatic rings. The quantitative estimate of drug-likeness (QED) is 0.853. The molecular formula is C12H19N5O2. The Kier molecular flexibility index (Phi) is 3.22. The maximum absolute atomic E-state index is 11.4. The molecule has 104 valence electrons. The van der Waals surface area contributed by atoms with E-state index in [0.717, 1.165) is 19.3 Å². The maximum Gasteiger partial charge on any atom is 0.320 e. The Morgan fingerprint density at radius 1 is 1.42 bits per heavy atom. The predicted octanol–water partition coefficient (Wildman–Crippen LogP) is 0.428. The Morgan fingerprint density at radius 3 is 2.89 bits per heavy atom. The Labute approximate surface area is 111 Å². The molecule has 0 radical (unpaired) electrons. The first-order valence-electron chi connectivity index (χ1n) is 6.86. The molecule has 3 rings (SSSR count). The van der Waals surface area contributed by atoms with Crippen molar-refractivity contribution in [1.29, 1.82) is 0 Å². The minimum atomic E-state index is -0.724. The second-order valence-corrected chi connectivity index (χ2v) is 5.57. The minimum Gasteiger partial charge on any atom is -0.480 e. The summed E-state index contributed by atoms with van der Waals surface area (Å²) in [6, 6.07) is -0.0180. The van der Waals surface area contributed by atoms with E-state index in [0.29, 0.717) is 24.3 Å². The molecule has 7 heteroatoms. The van der Waals surface area contributed by atoms with Gasteiger partial charge in [-0.15, -0.1) is 10.2 Å². The SMILES string of the molecule is Cn1nnc(CN2C(C(=O)O)CC3CCCCC32)n1. The van der Waals surface area contributed by atoms with E-state index >= 15 is 0 Å². The first kappa shape index (κ1) is 12.5. The molecule has 1 saturated heterocycles. The highest BCUT2D eigenvalue weighted by molar-refractivity contribution is 5.74. The fourth-order valence-corrected chi connectivity index (χ4v) is 3.57. The predicted molar refractivity (Wildman–Crippen MR) is 66.1 cm³/mol. The summed E-state index contributed by atoms with van der Waals surface area (Å²) in [5.41, 5.74) is 0. The smallest absolute Gasteiger partial charge is 0.320 e. The van der Waals surface area contributed by atoms with Crippen LogP contribution in [0.4, 0.5) is 0 Å². The van der Waals surface area contributed by atoms with Crippen LogP contribution in [0.25, 0.3) is 0 Å². The van der Waals surface area contributed by atoms with E-state index < -0.39 is 12.0 Å². The number of aliphatic carboxylic acids is 1. The van der Waals surface area contributed by atoms with Gasteiger partial charge in [0.05, 0.1) is 13.6 Å². The summed E-state index contributed by atoms with van der Waals surface area (Å²) in [4.78, 5) is 14.9. The molecule has 1 N–H and O–H groups in total. The number of nitrogens with zero attached hydrogens (tertiary/aromatic N) is 5. The molecule has 3 atom stereocenters. The molecule has 1 aromatic rings. The third-order valence-electron chi connectivity index (χ3n) is 4.38. The molecule has 2 fully saturated rings. The van der Waals surface area contributed by atoms with Crippen LogP contribution in [0.2, 0.25) is 0 Å². The summed E-state index contributed by atoms with van der Waals surface area (Å²) in [6.45, 7) is 0.492. The molecule has 3 unspecified atom stereocenters.